The third-order valence-electron chi connectivity index (χ3n) is 8.08. The molecule has 3 aliphatic heterocycles. The number of rotatable bonds is 3. The van der Waals surface area contributed by atoms with Crippen LogP contribution in [0.1, 0.15) is 51.4 Å². The van der Waals surface area contributed by atoms with E-state index in [4.69, 9.17) is 9.73 Å². The van der Waals surface area contributed by atoms with Crippen LogP contribution in [-0.4, -0.2) is 74.3 Å². The van der Waals surface area contributed by atoms with Crippen molar-refractivity contribution in [2.75, 3.05) is 46.4 Å². The van der Waals surface area contributed by atoms with E-state index in [0.29, 0.717) is 23.5 Å². The molecule has 5 nitrogen and oxygen atoms in total. The van der Waals surface area contributed by atoms with Crippen LogP contribution in [-0.2, 0) is 4.74 Å². The van der Waals surface area contributed by atoms with E-state index in [1.807, 2.05) is 7.05 Å². The number of ether oxygens (including phenoxy) is 1. The van der Waals surface area contributed by atoms with E-state index in [0.717, 1.165) is 18.5 Å². The molecular weight excluding hydrogens is 324 g/mol. The van der Waals surface area contributed by atoms with Crippen LogP contribution in [0.2, 0.25) is 0 Å². The third-order valence-corrected chi connectivity index (χ3v) is 8.08. The topological polar surface area (TPSA) is 40.1 Å². The Bertz CT molecular complexity index is 538. The summed E-state index contributed by atoms with van der Waals surface area (Å²) >= 11 is 0. The van der Waals surface area contributed by atoms with Gasteiger partial charge in [0, 0.05) is 50.7 Å². The maximum absolute atomic E-state index is 6.15. The van der Waals surface area contributed by atoms with Gasteiger partial charge in [-0.15, -0.1) is 0 Å². The molecular formula is C21H36N4O. The van der Waals surface area contributed by atoms with Crippen molar-refractivity contribution in [2.24, 2.45) is 22.2 Å². The van der Waals surface area contributed by atoms with E-state index in [2.05, 4.69) is 15.1 Å². The average molecular weight is 361 g/mol. The van der Waals surface area contributed by atoms with Crippen molar-refractivity contribution in [1.29, 1.82) is 0 Å². The molecule has 2 saturated carbocycles. The van der Waals surface area contributed by atoms with Crippen molar-refractivity contribution in [2.45, 2.75) is 63.5 Å². The average Bonchev–Trinajstić information content (AvgIpc) is 3.43. The Labute approximate surface area is 158 Å². The van der Waals surface area contributed by atoms with E-state index >= 15 is 0 Å². The number of nitrogens with one attached hydrogen (secondary N) is 1. The predicted octanol–water partition coefficient (Wildman–Crippen LogP) is 2.33. The van der Waals surface area contributed by atoms with E-state index < -0.39 is 0 Å². The van der Waals surface area contributed by atoms with Gasteiger partial charge in [-0.05, 0) is 57.5 Å². The standard InChI is InChI=1S/C21H36N4O/c1-22-20(25-12-6-16(15-25)14-24-10-4-5-11-24)23-18-17-7-13-26-19(17)21(18)8-2-3-9-21/h16-19H,2-15H2,1H3,(H,22,23). The SMILES string of the molecule is CN=C(NC1C2CCOC2C12CCCC2)N1CCC(CN2CCCC2)C1. The molecule has 5 rings (SSSR count). The first-order valence-electron chi connectivity index (χ1n) is 11.1. The minimum atomic E-state index is 0.409. The lowest BCUT2D eigenvalue weighted by Gasteiger charge is -2.57. The molecule has 0 radical (unpaired) electrons. The van der Waals surface area contributed by atoms with Gasteiger partial charge in [-0.1, -0.05) is 12.8 Å². The fourth-order valence-electron chi connectivity index (χ4n) is 6.84. The number of guanidine groups is 1. The summed E-state index contributed by atoms with van der Waals surface area (Å²) < 4.78 is 6.15. The number of nitrogens with zero attached hydrogens (tertiary/aromatic N) is 3. The summed E-state index contributed by atoms with van der Waals surface area (Å²) in [5.74, 6) is 2.69. The Morgan fingerprint density at radius 3 is 2.69 bits per heavy atom. The first-order valence-corrected chi connectivity index (χ1v) is 11.1. The molecule has 3 heterocycles. The quantitative estimate of drug-likeness (QED) is 0.619. The summed E-state index contributed by atoms with van der Waals surface area (Å²) in [6, 6.07) is 0.592. The number of aliphatic imine (C=N–C) groups is 1. The molecule has 1 N–H and O–H groups in total. The van der Waals surface area contributed by atoms with Gasteiger partial charge in [0.15, 0.2) is 5.96 Å². The molecule has 1 spiro atoms. The zero-order chi connectivity index (χ0) is 17.6. The van der Waals surface area contributed by atoms with E-state index in [1.54, 1.807) is 0 Å². The zero-order valence-electron chi connectivity index (χ0n) is 16.5. The highest BCUT2D eigenvalue weighted by Crippen LogP contribution is 2.60. The van der Waals surface area contributed by atoms with Crippen LogP contribution in [0.25, 0.3) is 0 Å². The maximum Gasteiger partial charge on any atom is 0.193 e. The molecule has 0 aromatic carbocycles. The second kappa shape index (κ2) is 6.97. The lowest BCUT2D eigenvalue weighted by Crippen LogP contribution is -2.69. The normalized spacial score (nSPS) is 39.6. The lowest BCUT2D eigenvalue weighted by molar-refractivity contribution is -0.125. The highest BCUT2D eigenvalue weighted by atomic mass is 16.5. The number of hydrogen-bond acceptors (Lipinski definition) is 3. The van der Waals surface area contributed by atoms with Crippen molar-refractivity contribution in [3.8, 4) is 0 Å². The van der Waals surface area contributed by atoms with E-state index in [9.17, 15) is 0 Å². The first-order chi connectivity index (χ1) is 12.8. The van der Waals surface area contributed by atoms with E-state index in [1.165, 1.54) is 84.1 Å². The predicted molar refractivity (Wildman–Crippen MR) is 104 cm³/mol. The van der Waals surface area contributed by atoms with Gasteiger partial charge >= 0.3 is 0 Å². The van der Waals surface area contributed by atoms with Gasteiger partial charge in [-0.3, -0.25) is 4.99 Å². The van der Waals surface area contributed by atoms with Crippen molar-refractivity contribution in [3.63, 3.8) is 0 Å². The van der Waals surface area contributed by atoms with Crippen LogP contribution in [0.5, 0.6) is 0 Å². The molecule has 0 amide bonds. The van der Waals surface area contributed by atoms with Gasteiger partial charge in [0.05, 0.1) is 6.10 Å². The van der Waals surface area contributed by atoms with Gasteiger partial charge in [0.2, 0.25) is 0 Å². The van der Waals surface area contributed by atoms with Crippen LogP contribution >= 0.6 is 0 Å². The summed E-state index contributed by atoms with van der Waals surface area (Å²) in [6.07, 6.45) is 11.3. The Morgan fingerprint density at radius 2 is 1.92 bits per heavy atom. The van der Waals surface area contributed by atoms with Crippen molar-refractivity contribution in [1.82, 2.24) is 15.1 Å². The molecule has 26 heavy (non-hydrogen) atoms. The van der Waals surface area contributed by atoms with Crippen LogP contribution in [0.15, 0.2) is 4.99 Å². The molecule has 0 bridgehead atoms. The van der Waals surface area contributed by atoms with Gasteiger partial charge in [-0.25, -0.2) is 0 Å². The van der Waals surface area contributed by atoms with Crippen LogP contribution < -0.4 is 5.32 Å². The van der Waals surface area contributed by atoms with Gasteiger partial charge in [0.1, 0.15) is 0 Å². The maximum atomic E-state index is 6.15. The Kier molecular flexibility index (Phi) is 4.64. The number of hydrogen-bond donors (Lipinski definition) is 1. The lowest BCUT2D eigenvalue weighted by atomic mass is 9.54. The summed E-state index contributed by atoms with van der Waals surface area (Å²) in [5, 5.41) is 3.95. The fourth-order valence-corrected chi connectivity index (χ4v) is 6.84. The Balaban J connectivity index is 1.22. The van der Waals surface area contributed by atoms with Crippen LogP contribution in [0.4, 0.5) is 0 Å². The summed E-state index contributed by atoms with van der Waals surface area (Å²) in [5.41, 5.74) is 0.409. The molecule has 0 aromatic rings. The molecule has 5 heteroatoms. The minimum absolute atomic E-state index is 0.409. The van der Waals surface area contributed by atoms with Gasteiger partial charge < -0.3 is 19.9 Å². The summed E-state index contributed by atoms with van der Waals surface area (Å²) in [6.45, 7) is 7.24. The van der Waals surface area contributed by atoms with Crippen LogP contribution in [0, 0.1) is 17.3 Å². The molecule has 3 saturated heterocycles. The fraction of sp³-hybridized carbons (Fsp3) is 0.952. The van der Waals surface area contributed by atoms with Crippen molar-refractivity contribution >= 4 is 5.96 Å². The second-order valence-corrected chi connectivity index (χ2v) is 9.46. The molecule has 5 fully saturated rings. The van der Waals surface area contributed by atoms with Gasteiger partial charge in [-0.2, -0.15) is 0 Å². The molecule has 2 aliphatic carbocycles. The molecule has 146 valence electrons. The minimum Gasteiger partial charge on any atom is -0.377 e. The van der Waals surface area contributed by atoms with E-state index in [-0.39, 0.29) is 0 Å². The zero-order valence-corrected chi connectivity index (χ0v) is 16.5. The number of fused-ring (bicyclic) bond motifs is 2. The highest BCUT2D eigenvalue weighted by molar-refractivity contribution is 5.80. The second-order valence-electron chi connectivity index (χ2n) is 9.46. The first kappa shape index (κ1) is 17.3. The van der Waals surface area contributed by atoms with Gasteiger partial charge in [0.25, 0.3) is 0 Å². The summed E-state index contributed by atoms with van der Waals surface area (Å²) in [4.78, 5) is 9.91. The monoisotopic (exact) mass is 360 g/mol. The third kappa shape index (κ3) is 2.77. The molecule has 4 atom stereocenters. The Morgan fingerprint density at radius 1 is 1.12 bits per heavy atom. The van der Waals surface area contributed by atoms with Crippen molar-refractivity contribution < 1.29 is 4.74 Å². The van der Waals surface area contributed by atoms with Crippen molar-refractivity contribution in [3.05, 3.63) is 0 Å². The van der Waals surface area contributed by atoms with Crippen LogP contribution in [0.3, 0.4) is 0 Å². The largest absolute Gasteiger partial charge is 0.377 e. The highest BCUT2D eigenvalue weighted by Gasteiger charge is 2.65. The molecule has 0 aromatic heterocycles. The molecule has 4 unspecified atom stereocenters. The smallest absolute Gasteiger partial charge is 0.193 e. The Hall–Kier alpha value is -0.810. The number of likely N-dealkylation sites (tertiary alicyclic amines) is 2. The summed E-state index contributed by atoms with van der Waals surface area (Å²) in [7, 11) is 1.97. The molecule has 5 aliphatic rings.